The predicted octanol–water partition coefficient (Wildman–Crippen LogP) is 5.13. The molecular weight excluding hydrogens is 394 g/mol. The second-order valence-corrected chi connectivity index (χ2v) is 7.39. The third kappa shape index (κ3) is 5.09. The predicted molar refractivity (Wildman–Crippen MR) is 113 cm³/mol. The SMILES string of the molecule is COc1cc(C(=O)Nc2ccc3oc(=O)ccc3c2)cc(Cl)c1OCCC(C)C. The number of carbonyl (C=O) groups is 1. The fourth-order valence-electron chi connectivity index (χ4n) is 2.74. The average molecular weight is 416 g/mol. The van der Waals surface area contributed by atoms with Gasteiger partial charge in [0.2, 0.25) is 0 Å². The highest BCUT2D eigenvalue weighted by molar-refractivity contribution is 6.32. The molecule has 7 heteroatoms. The molecule has 0 aliphatic heterocycles. The van der Waals surface area contributed by atoms with Crippen LogP contribution < -0.4 is 20.4 Å². The Morgan fingerprint density at radius 1 is 1.17 bits per heavy atom. The smallest absolute Gasteiger partial charge is 0.336 e. The minimum Gasteiger partial charge on any atom is -0.493 e. The number of anilines is 1. The normalized spacial score (nSPS) is 10.9. The minimum absolute atomic E-state index is 0.304. The number of hydrogen-bond donors (Lipinski definition) is 1. The number of benzene rings is 2. The molecule has 0 unspecified atom stereocenters. The lowest BCUT2D eigenvalue weighted by Crippen LogP contribution is -2.12. The Hall–Kier alpha value is -2.99. The van der Waals surface area contributed by atoms with Gasteiger partial charge < -0.3 is 19.2 Å². The van der Waals surface area contributed by atoms with E-state index in [9.17, 15) is 9.59 Å². The highest BCUT2D eigenvalue weighted by Gasteiger charge is 2.16. The zero-order chi connectivity index (χ0) is 21.0. The Bertz CT molecular complexity index is 1090. The maximum atomic E-state index is 12.7. The van der Waals surface area contributed by atoms with Gasteiger partial charge in [-0.25, -0.2) is 4.79 Å². The van der Waals surface area contributed by atoms with Crippen molar-refractivity contribution in [2.45, 2.75) is 20.3 Å². The van der Waals surface area contributed by atoms with Gasteiger partial charge in [-0.15, -0.1) is 0 Å². The first-order valence-corrected chi connectivity index (χ1v) is 9.60. The lowest BCUT2D eigenvalue weighted by Gasteiger charge is -2.15. The fourth-order valence-corrected chi connectivity index (χ4v) is 3.01. The second kappa shape index (κ2) is 9.01. The van der Waals surface area contributed by atoms with Crippen molar-refractivity contribution in [3.8, 4) is 11.5 Å². The van der Waals surface area contributed by atoms with Crippen LogP contribution in [0.15, 0.2) is 51.7 Å². The summed E-state index contributed by atoms with van der Waals surface area (Å²) in [5, 5.41) is 3.81. The number of rotatable bonds is 7. The molecule has 1 N–H and O–H groups in total. The molecule has 1 heterocycles. The fraction of sp³-hybridized carbons (Fsp3) is 0.273. The molecule has 3 rings (SSSR count). The molecule has 0 atom stereocenters. The first-order valence-electron chi connectivity index (χ1n) is 9.23. The van der Waals surface area contributed by atoms with Crippen LogP contribution in [0.4, 0.5) is 5.69 Å². The van der Waals surface area contributed by atoms with E-state index in [4.69, 9.17) is 25.5 Å². The molecule has 152 valence electrons. The van der Waals surface area contributed by atoms with Crippen LogP contribution in [-0.4, -0.2) is 19.6 Å². The van der Waals surface area contributed by atoms with Gasteiger partial charge in [-0.2, -0.15) is 0 Å². The van der Waals surface area contributed by atoms with E-state index in [0.717, 1.165) is 6.42 Å². The van der Waals surface area contributed by atoms with Crippen molar-refractivity contribution < 1.29 is 18.7 Å². The summed E-state index contributed by atoms with van der Waals surface area (Å²) in [7, 11) is 1.50. The van der Waals surface area contributed by atoms with Gasteiger partial charge in [0.05, 0.1) is 18.7 Å². The van der Waals surface area contributed by atoms with Crippen LogP contribution in [0, 0.1) is 5.92 Å². The second-order valence-electron chi connectivity index (χ2n) is 6.98. The monoisotopic (exact) mass is 415 g/mol. The summed E-state index contributed by atoms with van der Waals surface area (Å²) in [6, 6.07) is 11.1. The molecule has 1 amide bonds. The van der Waals surface area contributed by atoms with Gasteiger partial charge in [0.25, 0.3) is 5.91 Å². The number of hydrogen-bond acceptors (Lipinski definition) is 5. The van der Waals surface area contributed by atoms with Crippen molar-refractivity contribution in [2.24, 2.45) is 5.92 Å². The highest BCUT2D eigenvalue weighted by atomic mass is 35.5. The maximum absolute atomic E-state index is 12.7. The molecule has 0 spiro atoms. The van der Waals surface area contributed by atoms with Crippen molar-refractivity contribution in [1.82, 2.24) is 0 Å². The van der Waals surface area contributed by atoms with Gasteiger partial charge in [-0.1, -0.05) is 25.4 Å². The summed E-state index contributed by atoms with van der Waals surface area (Å²) in [6.45, 7) is 4.72. The lowest BCUT2D eigenvalue weighted by atomic mass is 10.1. The van der Waals surface area contributed by atoms with Crippen LogP contribution in [-0.2, 0) is 0 Å². The van der Waals surface area contributed by atoms with Crippen molar-refractivity contribution in [1.29, 1.82) is 0 Å². The molecule has 0 bridgehead atoms. The number of methoxy groups -OCH3 is 1. The quantitative estimate of drug-likeness (QED) is 0.541. The lowest BCUT2D eigenvalue weighted by molar-refractivity contribution is 0.102. The summed E-state index contributed by atoms with van der Waals surface area (Å²) < 4.78 is 16.2. The van der Waals surface area contributed by atoms with Gasteiger partial charge in [0.1, 0.15) is 5.58 Å². The minimum atomic E-state index is -0.424. The number of nitrogens with one attached hydrogen (secondary N) is 1. The van der Waals surface area contributed by atoms with Gasteiger partial charge in [-0.05, 0) is 48.7 Å². The number of fused-ring (bicyclic) bond motifs is 1. The van der Waals surface area contributed by atoms with Crippen LogP contribution in [0.2, 0.25) is 5.02 Å². The Balaban J connectivity index is 1.80. The van der Waals surface area contributed by atoms with Gasteiger partial charge in [0, 0.05) is 22.7 Å². The largest absolute Gasteiger partial charge is 0.493 e. The zero-order valence-corrected chi connectivity index (χ0v) is 17.2. The Labute approximate surface area is 173 Å². The topological polar surface area (TPSA) is 77.8 Å². The molecular formula is C22H22ClNO5. The molecule has 0 saturated heterocycles. The number of carbonyl (C=O) groups excluding carboxylic acids is 1. The summed E-state index contributed by atoms with van der Waals surface area (Å²) in [5.74, 6) is 0.967. The summed E-state index contributed by atoms with van der Waals surface area (Å²) in [5.41, 5.74) is 0.918. The van der Waals surface area contributed by atoms with Crippen molar-refractivity contribution in [3.63, 3.8) is 0 Å². The van der Waals surface area contributed by atoms with Crippen LogP contribution in [0.5, 0.6) is 11.5 Å². The van der Waals surface area contributed by atoms with E-state index in [1.165, 1.54) is 13.2 Å². The Morgan fingerprint density at radius 3 is 2.69 bits per heavy atom. The maximum Gasteiger partial charge on any atom is 0.336 e. The van der Waals surface area contributed by atoms with E-state index >= 15 is 0 Å². The summed E-state index contributed by atoms with van der Waals surface area (Å²) >= 11 is 6.34. The van der Waals surface area contributed by atoms with Crippen LogP contribution in [0.1, 0.15) is 30.6 Å². The van der Waals surface area contributed by atoms with Gasteiger partial charge in [0.15, 0.2) is 11.5 Å². The van der Waals surface area contributed by atoms with E-state index in [1.807, 2.05) is 0 Å². The van der Waals surface area contributed by atoms with E-state index < -0.39 is 5.63 Å². The highest BCUT2D eigenvalue weighted by Crippen LogP contribution is 2.37. The summed E-state index contributed by atoms with van der Waals surface area (Å²) in [6.07, 6.45) is 0.879. The van der Waals surface area contributed by atoms with Crippen molar-refractivity contribution in [3.05, 3.63) is 63.5 Å². The molecule has 1 aromatic heterocycles. The molecule has 29 heavy (non-hydrogen) atoms. The van der Waals surface area contributed by atoms with Crippen molar-refractivity contribution in [2.75, 3.05) is 19.0 Å². The number of ether oxygens (including phenoxy) is 2. The third-order valence-corrected chi connectivity index (χ3v) is 4.59. The standard InChI is InChI=1S/C22H22ClNO5/c1-13(2)8-9-28-21-17(23)11-15(12-19(21)27-3)22(26)24-16-5-6-18-14(10-16)4-7-20(25)29-18/h4-7,10-13H,8-9H2,1-3H3,(H,24,26). The van der Waals surface area contributed by atoms with E-state index in [0.29, 0.717) is 51.3 Å². The van der Waals surface area contributed by atoms with Crippen LogP contribution >= 0.6 is 11.6 Å². The molecule has 3 aromatic rings. The molecule has 6 nitrogen and oxygen atoms in total. The molecule has 2 aromatic carbocycles. The Kier molecular flexibility index (Phi) is 6.44. The van der Waals surface area contributed by atoms with E-state index in [2.05, 4.69) is 19.2 Å². The molecule has 0 saturated carbocycles. The molecule has 0 fully saturated rings. The number of amides is 1. The molecule has 0 aliphatic carbocycles. The first-order chi connectivity index (χ1) is 13.9. The third-order valence-electron chi connectivity index (χ3n) is 4.31. The van der Waals surface area contributed by atoms with Crippen LogP contribution in [0.25, 0.3) is 11.0 Å². The molecule has 0 radical (unpaired) electrons. The number of halogens is 1. The first kappa shape index (κ1) is 20.7. The summed E-state index contributed by atoms with van der Waals surface area (Å²) in [4.78, 5) is 24.0. The molecule has 0 aliphatic rings. The average Bonchev–Trinajstić information content (AvgIpc) is 2.68. The van der Waals surface area contributed by atoms with E-state index in [1.54, 1.807) is 36.4 Å². The van der Waals surface area contributed by atoms with Gasteiger partial charge >= 0.3 is 5.63 Å². The zero-order valence-electron chi connectivity index (χ0n) is 16.5. The van der Waals surface area contributed by atoms with Crippen LogP contribution in [0.3, 0.4) is 0 Å². The van der Waals surface area contributed by atoms with Gasteiger partial charge in [-0.3, -0.25) is 4.79 Å². The van der Waals surface area contributed by atoms with Crippen molar-refractivity contribution >= 4 is 34.2 Å². The Morgan fingerprint density at radius 2 is 1.97 bits per heavy atom. The van der Waals surface area contributed by atoms with E-state index in [-0.39, 0.29) is 5.91 Å².